The maximum Gasteiger partial charge on any atom is 0.326 e. The van der Waals surface area contributed by atoms with Gasteiger partial charge in [-0.2, -0.15) is 0 Å². The van der Waals surface area contributed by atoms with Crippen LogP contribution in [-0.2, 0) is 9.59 Å². The largest absolute Gasteiger partial charge is 0.497 e. The van der Waals surface area contributed by atoms with Crippen molar-refractivity contribution in [3.8, 4) is 5.75 Å². The van der Waals surface area contributed by atoms with Crippen molar-refractivity contribution in [2.75, 3.05) is 19.1 Å². The van der Waals surface area contributed by atoms with Gasteiger partial charge < -0.3 is 20.3 Å². The van der Waals surface area contributed by atoms with E-state index >= 15 is 0 Å². The molecule has 1 rings (SSSR count). The van der Waals surface area contributed by atoms with Gasteiger partial charge in [0.05, 0.1) is 13.5 Å². The van der Waals surface area contributed by atoms with Crippen molar-refractivity contribution in [3.05, 3.63) is 24.3 Å². The van der Waals surface area contributed by atoms with Gasteiger partial charge >= 0.3 is 18.0 Å². The number of carbonyl (C=O) groups is 3. The van der Waals surface area contributed by atoms with Gasteiger partial charge in [0.2, 0.25) is 0 Å². The fraction of sp³-hybridized carbons (Fsp3) is 0.308. The van der Waals surface area contributed by atoms with Crippen LogP contribution < -0.4 is 15.0 Å². The van der Waals surface area contributed by atoms with E-state index in [9.17, 15) is 14.4 Å². The van der Waals surface area contributed by atoms with Gasteiger partial charge in [0.25, 0.3) is 0 Å². The standard InChI is InChI=1S/C13H16N2O6/c1-15(8-3-5-9(21-2)6-4-8)13(20)14-10(12(18)19)7-11(16)17/h3-6,10H,7H2,1-2H3,(H,14,20)(H,16,17)(H,18,19). The van der Waals surface area contributed by atoms with Crippen LogP contribution in [0.3, 0.4) is 0 Å². The van der Waals surface area contributed by atoms with Crippen molar-refractivity contribution < 1.29 is 29.3 Å². The van der Waals surface area contributed by atoms with Crippen LogP contribution in [0.25, 0.3) is 0 Å². The predicted octanol–water partition coefficient (Wildman–Crippen LogP) is 0.769. The molecule has 0 aliphatic carbocycles. The topological polar surface area (TPSA) is 116 Å². The summed E-state index contributed by atoms with van der Waals surface area (Å²) in [5, 5.41) is 19.6. The fourth-order valence-electron chi connectivity index (χ4n) is 1.54. The molecule has 8 heteroatoms. The first-order valence-electron chi connectivity index (χ1n) is 5.98. The molecule has 0 bridgehead atoms. The quantitative estimate of drug-likeness (QED) is 0.714. The maximum atomic E-state index is 11.9. The third-order valence-corrected chi connectivity index (χ3v) is 2.74. The minimum Gasteiger partial charge on any atom is -0.497 e. The van der Waals surface area contributed by atoms with Gasteiger partial charge in [0.1, 0.15) is 11.8 Å². The zero-order valence-corrected chi connectivity index (χ0v) is 11.6. The molecule has 0 spiro atoms. The molecule has 1 unspecified atom stereocenters. The molecule has 1 aromatic carbocycles. The van der Waals surface area contributed by atoms with Crippen LogP contribution in [-0.4, -0.2) is 48.4 Å². The molecule has 0 radical (unpaired) electrons. The zero-order chi connectivity index (χ0) is 16.0. The van der Waals surface area contributed by atoms with Gasteiger partial charge in [-0.15, -0.1) is 0 Å². The Balaban J connectivity index is 2.76. The highest BCUT2D eigenvalue weighted by Gasteiger charge is 2.24. The van der Waals surface area contributed by atoms with E-state index in [0.717, 1.165) is 0 Å². The molecule has 3 N–H and O–H groups in total. The number of hydrogen-bond acceptors (Lipinski definition) is 4. The molecule has 0 saturated heterocycles. The molecule has 2 amide bonds. The van der Waals surface area contributed by atoms with E-state index in [1.54, 1.807) is 24.3 Å². The summed E-state index contributed by atoms with van der Waals surface area (Å²) >= 11 is 0. The number of benzene rings is 1. The van der Waals surface area contributed by atoms with E-state index in [4.69, 9.17) is 14.9 Å². The summed E-state index contributed by atoms with van der Waals surface area (Å²) in [5.74, 6) is -2.11. The van der Waals surface area contributed by atoms with Crippen molar-refractivity contribution >= 4 is 23.7 Å². The van der Waals surface area contributed by atoms with Crippen LogP contribution in [0.2, 0.25) is 0 Å². The Morgan fingerprint density at radius 1 is 1.24 bits per heavy atom. The van der Waals surface area contributed by atoms with Crippen LogP contribution in [0.4, 0.5) is 10.5 Å². The third-order valence-electron chi connectivity index (χ3n) is 2.74. The Morgan fingerprint density at radius 2 is 1.81 bits per heavy atom. The number of nitrogens with one attached hydrogen (secondary N) is 1. The molecular formula is C13H16N2O6. The van der Waals surface area contributed by atoms with Crippen molar-refractivity contribution in [2.45, 2.75) is 12.5 Å². The molecule has 0 heterocycles. The summed E-state index contributed by atoms with van der Waals surface area (Å²) < 4.78 is 4.99. The predicted molar refractivity (Wildman–Crippen MR) is 73.6 cm³/mol. The van der Waals surface area contributed by atoms with Crippen molar-refractivity contribution in [1.29, 1.82) is 0 Å². The molecule has 0 aliphatic heterocycles. The Hall–Kier alpha value is -2.77. The Labute approximate surface area is 120 Å². The summed E-state index contributed by atoms with van der Waals surface area (Å²) in [5.41, 5.74) is 0.507. The van der Waals surface area contributed by atoms with Crippen molar-refractivity contribution in [2.24, 2.45) is 0 Å². The fourth-order valence-corrected chi connectivity index (χ4v) is 1.54. The number of anilines is 1. The summed E-state index contributed by atoms with van der Waals surface area (Å²) in [7, 11) is 2.95. The number of hydrogen-bond donors (Lipinski definition) is 3. The number of methoxy groups -OCH3 is 1. The zero-order valence-electron chi connectivity index (χ0n) is 11.6. The van der Waals surface area contributed by atoms with Crippen LogP contribution >= 0.6 is 0 Å². The van der Waals surface area contributed by atoms with Crippen LogP contribution in [0.5, 0.6) is 5.75 Å². The number of ether oxygens (including phenoxy) is 1. The van der Waals surface area contributed by atoms with E-state index in [-0.39, 0.29) is 0 Å². The number of rotatable bonds is 6. The SMILES string of the molecule is COc1ccc(N(C)C(=O)NC(CC(=O)O)C(=O)O)cc1. The number of aliphatic carboxylic acids is 2. The van der Waals surface area contributed by atoms with Crippen LogP contribution in [0.1, 0.15) is 6.42 Å². The van der Waals surface area contributed by atoms with Gasteiger partial charge in [-0.1, -0.05) is 0 Å². The second-order valence-electron chi connectivity index (χ2n) is 4.20. The average Bonchev–Trinajstić information content (AvgIpc) is 2.45. The normalized spacial score (nSPS) is 11.3. The first-order chi connectivity index (χ1) is 9.85. The molecule has 0 saturated carbocycles. The van der Waals surface area contributed by atoms with Gasteiger partial charge in [-0.3, -0.25) is 9.69 Å². The van der Waals surface area contributed by atoms with E-state index < -0.39 is 30.4 Å². The minimum atomic E-state index is -1.49. The molecular weight excluding hydrogens is 280 g/mol. The minimum absolute atomic E-state index is 0.507. The Bertz CT molecular complexity index is 528. The average molecular weight is 296 g/mol. The highest BCUT2D eigenvalue weighted by atomic mass is 16.5. The summed E-state index contributed by atoms with van der Waals surface area (Å²) in [4.78, 5) is 34.6. The van der Waals surface area contributed by atoms with Crippen molar-refractivity contribution in [3.63, 3.8) is 0 Å². The van der Waals surface area contributed by atoms with E-state index in [0.29, 0.717) is 11.4 Å². The van der Waals surface area contributed by atoms with Gasteiger partial charge in [0, 0.05) is 12.7 Å². The van der Waals surface area contributed by atoms with Gasteiger partial charge in [-0.25, -0.2) is 9.59 Å². The lowest BCUT2D eigenvalue weighted by Gasteiger charge is -2.21. The second kappa shape index (κ2) is 7.13. The molecule has 0 aliphatic rings. The lowest BCUT2D eigenvalue weighted by molar-refractivity contribution is -0.145. The van der Waals surface area contributed by atoms with Crippen LogP contribution in [0.15, 0.2) is 24.3 Å². The molecule has 114 valence electrons. The lowest BCUT2D eigenvalue weighted by Crippen LogP contribution is -2.47. The molecule has 1 atom stereocenters. The summed E-state index contributed by atoms with van der Waals surface area (Å²) in [6, 6.07) is 4.32. The molecule has 1 aromatic rings. The smallest absolute Gasteiger partial charge is 0.326 e. The number of carbonyl (C=O) groups excluding carboxylic acids is 1. The number of carboxylic acids is 2. The molecule has 0 aromatic heterocycles. The number of urea groups is 1. The number of nitrogens with zero attached hydrogens (tertiary/aromatic N) is 1. The number of carboxylic acid groups (broad SMARTS) is 2. The van der Waals surface area contributed by atoms with Crippen molar-refractivity contribution in [1.82, 2.24) is 5.32 Å². The highest BCUT2D eigenvalue weighted by molar-refractivity contribution is 5.94. The second-order valence-corrected chi connectivity index (χ2v) is 4.20. The van der Waals surface area contributed by atoms with Gasteiger partial charge in [-0.05, 0) is 24.3 Å². The van der Waals surface area contributed by atoms with E-state index in [2.05, 4.69) is 5.32 Å². The Kier molecular flexibility index (Phi) is 5.53. The lowest BCUT2D eigenvalue weighted by atomic mass is 10.2. The maximum absolute atomic E-state index is 11.9. The third kappa shape index (κ3) is 4.68. The summed E-state index contributed by atoms with van der Waals surface area (Å²) in [6.07, 6.45) is -0.697. The summed E-state index contributed by atoms with van der Waals surface area (Å²) in [6.45, 7) is 0. The highest BCUT2D eigenvalue weighted by Crippen LogP contribution is 2.18. The monoisotopic (exact) mass is 296 g/mol. The first-order valence-corrected chi connectivity index (χ1v) is 5.98. The Morgan fingerprint density at radius 3 is 2.24 bits per heavy atom. The van der Waals surface area contributed by atoms with Gasteiger partial charge in [0.15, 0.2) is 0 Å². The first kappa shape index (κ1) is 16.3. The van der Waals surface area contributed by atoms with E-state index in [1.807, 2.05) is 0 Å². The molecule has 8 nitrogen and oxygen atoms in total. The molecule has 21 heavy (non-hydrogen) atoms. The van der Waals surface area contributed by atoms with Crippen LogP contribution in [0, 0.1) is 0 Å². The number of amides is 2. The van der Waals surface area contributed by atoms with E-state index in [1.165, 1.54) is 19.1 Å². The molecule has 0 fully saturated rings.